The third-order valence-electron chi connectivity index (χ3n) is 2.80. The van der Waals surface area contributed by atoms with Gasteiger partial charge in [0.15, 0.2) is 12.3 Å². The lowest BCUT2D eigenvalue weighted by molar-refractivity contribution is 0.0549. The molecule has 0 aliphatic rings. The molecule has 0 bridgehead atoms. The van der Waals surface area contributed by atoms with Crippen LogP contribution in [0.4, 0.5) is 0 Å². The highest BCUT2D eigenvalue weighted by Gasteiger charge is 2.18. The summed E-state index contributed by atoms with van der Waals surface area (Å²) in [6, 6.07) is 6.65. The van der Waals surface area contributed by atoms with Gasteiger partial charge in [-0.15, -0.1) is 6.42 Å². The molecule has 1 aromatic carbocycles. The average Bonchev–Trinajstić information content (AvgIpc) is 2.45. The van der Waals surface area contributed by atoms with Gasteiger partial charge in [-0.1, -0.05) is 24.1 Å². The van der Waals surface area contributed by atoms with Gasteiger partial charge in [-0.2, -0.15) is 5.10 Å². The van der Waals surface area contributed by atoms with Crippen molar-refractivity contribution in [2.75, 3.05) is 6.61 Å². The zero-order valence-electron chi connectivity index (χ0n) is 11.3. The van der Waals surface area contributed by atoms with Crippen molar-refractivity contribution in [2.24, 2.45) is 0 Å². The van der Waals surface area contributed by atoms with E-state index in [9.17, 15) is 9.59 Å². The van der Waals surface area contributed by atoms with Crippen LogP contribution in [0.15, 0.2) is 29.1 Å². The van der Waals surface area contributed by atoms with Gasteiger partial charge in [0.1, 0.15) is 0 Å². The van der Waals surface area contributed by atoms with Crippen LogP contribution in [-0.4, -0.2) is 22.4 Å². The fourth-order valence-corrected chi connectivity index (χ4v) is 1.88. The molecule has 0 aliphatic heterocycles. The van der Waals surface area contributed by atoms with E-state index >= 15 is 0 Å². The van der Waals surface area contributed by atoms with Crippen molar-refractivity contribution in [1.82, 2.24) is 9.78 Å². The number of hydrogen-bond donors (Lipinski definition) is 0. The van der Waals surface area contributed by atoms with Crippen LogP contribution in [0.5, 0.6) is 0 Å². The molecule has 0 unspecified atom stereocenters. The minimum atomic E-state index is -0.631. The second-order valence-electron chi connectivity index (χ2n) is 4.52. The summed E-state index contributed by atoms with van der Waals surface area (Å²) in [5.41, 5.74) is -0.131. The second kappa shape index (κ2) is 5.57. The molecule has 0 aliphatic carbocycles. The SMILES string of the molecule is C#CCOC(=O)c1nn(C(C)C)c(=O)c2ccccc12. The van der Waals surface area contributed by atoms with Crippen molar-refractivity contribution < 1.29 is 9.53 Å². The number of carbonyl (C=O) groups is 1. The maximum absolute atomic E-state index is 12.3. The Hall–Kier alpha value is -2.61. The van der Waals surface area contributed by atoms with E-state index in [1.807, 2.05) is 13.8 Å². The Morgan fingerprint density at radius 3 is 2.65 bits per heavy atom. The van der Waals surface area contributed by atoms with E-state index in [4.69, 9.17) is 11.2 Å². The van der Waals surface area contributed by atoms with Gasteiger partial charge in [0, 0.05) is 5.39 Å². The first-order chi connectivity index (χ1) is 9.56. The molecule has 5 heteroatoms. The quantitative estimate of drug-likeness (QED) is 0.630. The Balaban J connectivity index is 2.70. The van der Waals surface area contributed by atoms with Gasteiger partial charge in [0.25, 0.3) is 5.56 Å². The second-order valence-corrected chi connectivity index (χ2v) is 4.52. The van der Waals surface area contributed by atoms with E-state index in [2.05, 4.69) is 11.0 Å². The number of terminal acetylenes is 1. The summed E-state index contributed by atoms with van der Waals surface area (Å²) in [5, 5.41) is 5.02. The number of fused-ring (bicyclic) bond motifs is 1. The fourth-order valence-electron chi connectivity index (χ4n) is 1.88. The maximum Gasteiger partial charge on any atom is 0.360 e. The van der Waals surface area contributed by atoms with Crippen LogP contribution in [0.25, 0.3) is 10.8 Å². The number of nitrogens with zero attached hydrogens (tertiary/aromatic N) is 2. The molecule has 0 radical (unpaired) electrons. The summed E-state index contributed by atoms with van der Waals surface area (Å²) in [7, 11) is 0. The first-order valence-corrected chi connectivity index (χ1v) is 6.18. The van der Waals surface area contributed by atoms with Crippen molar-refractivity contribution in [3.63, 3.8) is 0 Å². The molecule has 102 valence electrons. The molecular weight excluding hydrogens is 256 g/mol. The molecule has 5 nitrogen and oxygen atoms in total. The summed E-state index contributed by atoms with van der Waals surface area (Å²) < 4.78 is 6.18. The third-order valence-corrected chi connectivity index (χ3v) is 2.80. The zero-order valence-corrected chi connectivity index (χ0v) is 11.3. The van der Waals surface area contributed by atoms with Gasteiger partial charge in [-0.25, -0.2) is 9.48 Å². The number of ether oxygens (including phenoxy) is 1. The Morgan fingerprint density at radius 2 is 2.05 bits per heavy atom. The molecule has 1 heterocycles. The highest BCUT2D eigenvalue weighted by molar-refractivity contribution is 6.02. The van der Waals surface area contributed by atoms with E-state index in [1.54, 1.807) is 24.3 Å². The first kappa shape index (κ1) is 13.8. The summed E-state index contributed by atoms with van der Waals surface area (Å²) >= 11 is 0. The van der Waals surface area contributed by atoms with Gasteiger partial charge in [-0.3, -0.25) is 4.79 Å². The topological polar surface area (TPSA) is 61.2 Å². The lowest BCUT2D eigenvalue weighted by atomic mass is 10.1. The smallest absolute Gasteiger partial charge is 0.360 e. The normalized spacial score (nSPS) is 10.5. The van der Waals surface area contributed by atoms with Gasteiger partial charge in [0.2, 0.25) is 0 Å². The molecule has 0 saturated heterocycles. The molecule has 20 heavy (non-hydrogen) atoms. The molecule has 0 amide bonds. The minimum Gasteiger partial charge on any atom is -0.448 e. The van der Waals surface area contributed by atoms with E-state index in [1.165, 1.54) is 4.68 Å². The van der Waals surface area contributed by atoms with Crippen LogP contribution < -0.4 is 5.56 Å². The zero-order chi connectivity index (χ0) is 14.7. The molecule has 0 N–H and O–H groups in total. The van der Waals surface area contributed by atoms with Crippen LogP contribution in [0.1, 0.15) is 30.4 Å². The van der Waals surface area contributed by atoms with Gasteiger partial charge in [0.05, 0.1) is 11.4 Å². The summed E-state index contributed by atoms with van der Waals surface area (Å²) in [4.78, 5) is 24.3. The van der Waals surface area contributed by atoms with Crippen LogP contribution >= 0.6 is 0 Å². The van der Waals surface area contributed by atoms with E-state index in [-0.39, 0.29) is 23.9 Å². The Kier molecular flexibility index (Phi) is 3.85. The fraction of sp³-hybridized carbons (Fsp3) is 0.267. The molecule has 2 aromatic rings. The largest absolute Gasteiger partial charge is 0.448 e. The van der Waals surface area contributed by atoms with Gasteiger partial charge in [-0.05, 0) is 19.9 Å². The molecule has 0 saturated carbocycles. The average molecular weight is 270 g/mol. The molecule has 1 aromatic heterocycles. The van der Waals surface area contributed by atoms with E-state index < -0.39 is 5.97 Å². The lowest BCUT2D eigenvalue weighted by Crippen LogP contribution is -2.28. The molecule has 2 rings (SSSR count). The number of esters is 1. The predicted molar refractivity (Wildman–Crippen MR) is 75.5 cm³/mol. The van der Waals surface area contributed by atoms with Crippen molar-refractivity contribution in [2.45, 2.75) is 19.9 Å². The van der Waals surface area contributed by atoms with Crippen molar-refractivity contribution >= 4 is 16.7 Å². The highest BCUT2D eigenvalue weighted by atomic mass is 16.5. The minimum absolute atomic E-state index is 0.101. The number of benzene rings is 1. The standard InChI is InChI=1S/C15H14N2O3/c1-4-9-20-15(19)13-11-7-5-6-8-12(11)14(18)17(16-13)10(2)3/h1,5-8,10H,9H2,2-3H3. The van der Waals surface area contributed by atoms with Crippen LogP contribution in [0, 0.1) is 12.3 Å². The lowest BCUT2D eigenvalue weighted by Gasteiger charge is -2.12. The highest BCUT2D eigenvalue weighted by Crippen LogP contribution is 2.15. The maximum atomic E-state index is 12.3. The van der Waals surface area contributed by atoms with Gasteiger partial charge < -0.3 is 4.74 Å². The molecule has 0 atom stereocenters. The van der Waals surface area contributed by atoms with Crippen LogP contribution in [0.3, 0.4) is 0 Å². The molecule has 0 fully saturated rings. The van der Waals surface area contributed by atoms with Crippen molar-refractivity contribution in [3.05, 3.63) is 40.3 Å². The van der Waals surface area contributed by atoms with E-state index in [0.29, 0.717) is 10.8 Å². The number of aromatic nitrogens is 2. The van der Waals surface area contributed by atoms with Crippen LogP contribution in [0.2, 0.25) is 0 Å². The Morgan fingerprint density at radius 1 is 1.40 bits per heavy atom. The molecular formula is C15H14N2O3. The third kappa shape index (κ3) is 2.41. The Bertz CT molecular complexity index is 754. The summed E-state index contributed by atoms with van der Waals surface area (Å²) in [6.45, 7) is 3.51. The van der Waals surface area contributed by atoms with Gasteiger partial charge >= 0.3 is 5.97 Å². The molecule has 0 spiro atoms. The van der Waals surface area contributed by atoms with E-state index in [0.717, 1.165) is 0 Å². The first-order valence-electron chi connectivity index (χ1n) is 6.18. The van der Waals surface area contributed by atoms with Crippen LogP contribution in [-0.2, 0) is 4.74 Å². The predicted octanol–water partition coefficient (Wildman–Crippen LogP) is 1.77. The number of rotatable bonds is 3. The monoisotopic (exact) mass is 270 g/mol. The summed E-state index contributed by atoms with van der Waals surface area (Å²) in [5.74, 6) is 1.59. The number of carbonyl (C=O) groups excluding carboxylic acids is 1. The van der Waals surface area contributed by atoms with Crippen molar-refractivity contribution in [3.8, 4) is 12.3 Å². The Labute approximate surface area is 116 Å². The summed E-state index contributed by atoms with van der Waals surface area (Å²) in [6.07, 6.45) is 5.07. The number of hydrogen-bond acceptors (Lipinski definition) is 4. The van der Waals surface area contributed by atoms with Crippen molar-refractivity contribution in [1.29, 1.82) is 0 Å².